The minimum atomic E-state index is -0.0888. The number of ether oxygens (including phenoxy) is 2. The quantitative estimate of drug-likeness (QED) is 0.823. The first-order valence-electron chi connectivity index (χ1n) is 8.67. The maximum Gasteiger partial charge on any atom is 0.318 e. The number of carbonyl (C=O) groups excluding carboxylic acids is 1. The Morgan fingerprint density at radius 1 is 1.35 bits per heavy atom. The number of benzene rings is 1. The van der Waals surface area contributed by atoms with Crippen LogP contribution in [0.15, 0.2) is 48.8 Å². The highest BCUT2D eigenvalue weighted by Gasteiger charge is 2.27. The number of methoxy groups -OCH3 is 1. The molecule has 1 aromatic carbocycles. The molecule has 0 bridgehead atoms. The van der Waals surface area contributed by atoms with Gasteiger partial charge in [-0.1, -0.05) is 12.1 Å². The lowest BCUT2D eigenvalue weighted by Gasteiger charge is -2.36. The molecule has 1 saturated heterocycles. The number of aromatic nitrogens is 1. The van der Waals surface area contributed by atoms with Gasteiger partial charge in [0.15, 0.2) is 0 Å². The van der Waals surface area contributed by atoms with Crippen molar-refractivity contribution in [1.29, 1.82) is 0 Å². The summed E-state index contributed by atoms with van der Waals surface area (Å²) < 4.78 is 11.0. The van der Waals surface area contributed by atoms with E-state index in [-0.39, 0.29) is 12.1 Å². The molecule has 1 aromatic heterocycles. The number of carbonyl (C=O) groups is 1. The van der Waals surface area contributed by atoms with Crippen molar-refractivity contribution < 1.29 is 14.3 Å². The van der Waals surface area contributed by atoms with E-state index in [0.29, 0.717) is 32.0 Å². The maximum atomic E-state index is 12.6. The molecule has 1 fully saturated rings. The first kappa shape index (κ1) is 18.0. The van der Waals surface area contributed by atoms with Crippen molar-refractivity contribution in [2.24, 2.45) is 0 Å². The van der Waals surface area contributed by atoms with Gasteiger partial charge in [-0.15, -0.1) is 0 Å². The second-order valence-electron chi connectivity index (χ2n) is 6.06. The fourth-order valence-corrected chi connectivity index (χ4v) is 2.86. The Morgan fingerprint density at radius 3 is 3.04 bits per heavy atom. The largest absolute Gasteiger partial charge is 0.497 e. The average molecular weight is 356 g/mol. The van der Waals surface area contributed by atoms with Gasteiger partial charge in [0.1, 0.15) is 18.1 Å². The normalized spacial score (nSPS) is 16.8. The molecule has 1 unspecified atom stereocenters. The molecule has 7 heteroatoms. The van der Waals surface area contributed by atoms with Crippen molar-refractivity contribution >= 4 is 6.03 Å². The van der Waals surface area contributed by atoms with Crippen LogP contribution in [0.5, 0.6) is 11.5 Å². The molecule has 0 radical (unpaired) electrons. The molecule has 7 nitrogen and oxygen atoms in total. The van der Waals surface area contributed by atoms with Crippen LogP contribution in [0.2, 0.25) is 0 Å². The number of piperazine rings is 1. The molecule has 3 rings (SSSR count). The van der Waals surface area contributed by atoms with E-state index in [0.717, 1.165) is 17.9 Å². The fraction of sp³-hybridized carbons (Fsp3) is 0.368. The molecule has 2 N–H and O–H groups in total. The highest BCUT2D eigenvalue weighted by atomic mass is 16.5. The van der Waals surface area contributed by atoms with Crippen LogP contribution < -0.4 is 20.1 Å². The van der Waals surface area contributed by atoms with Crippen LogP contribution >= 0.6 is 0 Å². The molecule has 0 aliphatic carbocycles. The second-order valence-corrected chi connectivity index (χ2v) is 6.06. The van der Waals surface area contributed by atoms with Crippen molar-refractivity contribution in [3.05, 3.63) is 54.4 Å². The summed E-state index contributed by atoms with van der Waals surface area (Å²) in [6.45, 7) is 3.00. The average Bonchev–Trinajstić information content (AvgIpc) is 2.71. The molecule has 2 heterocycles. The predicted molar refractivity (Wildman–Crippen MR) is 98.3 cm³/mol. The summed E-state index contributed by atoms with van der Waals surface area (Å²) in [7, 11) is 1.63. The van der Waals surface area contributed by atoms with Gasteiger partial charge in [-0.05, 0) is 29.8 Å². The van der Waals surface area contributed by atoms with Crippen LogP contribution in [-0.2, 0) is 6.54 Å². The van der Waals surface area contributed by atoms with E-state index in [2.05, 4.69) is 15.6 Å². The zero-order valence-electron chi connectivity index (χ0n) is 14.9. The first-order chi connectivity index (χ1) is 12.8. The number of amides is 2. The Balaban J connectivity index is 1.55. The van der Waals surface area contributed by atoms with Crippen LogP contribution in [0.3, 0.4) is 0 Å². The van der Waals surface area contributed by atoms with Crippen molar-refractivity contribution in [1.82, 2.24) is 20.5 Å². The van der Waals surface area contributed by atoms with Crippen molar-refractivity contribution in [2.75, 3.05) is 33.4 Å². The Hall–Kier alpha value is -2.80. The molecule has 0 spiro atoms. The maximum absolute atomic E-state index is 12.6. The van der Waals surface area contributed by atoms with Gasteiger partial charge < -0.3 is 25.0 Å². The number of nitrogens with one attached hydrogen (secondary N) is 2. The number of pyridine rings is 1. The molecule has 2 amide bonds. The Morgan fingerprint density at radius 2 is 2.23 bits per heavy atom. The van der Waals surface area contributed by atoms with E-state index in [4.69, 9.17) is 9.47 Å². The summed E-state index contributed by atoms with van der Waals surface area (Å²) in [5.74, 6) is 1.48. The van der Waals surface area contributed by atoms with Crippen LogP contribution in [0.4, 0.5) is 4.79 Å². The van der Waals surface area contributed by atoms with Gasteiger partial charge in [0.05, 0.1) is 19.3 Å². The van der Waals surface area contributed by atoms with E-state index in [1.165, 1.54) is 0 Å². The predicted octanol–water partition coefficient (Wildman–Crippen LogP) is 1.65. The van der Waals surface area contributed by atoms with Crippen LogP contribution in [-0.4, -0.2) is 55.3 Å². The molecule has 0 saturated carbocycles. The number of nitrogens with zero attached hydrogens (tertiary/aromatic N) is 2. The summed E-state index contributed by atoms with van der Waals surface area (Å²) in [5.41, 5.74) is 0.996. The van der Waals surface area contributed by atoms with Crippen LogP contribution in [0.25, 0.3) is 0 Å². The molecule has 1 atom stereocenters. The third kappa shape index (κ3) is 4.86. The zero-order chi connectivity index (χ0) is 18.2. The highest BCUT2D eigenvalue weighted by Crippen LogP contribution is 2.13. The number of hydrogen-bond donors (Lipinski definition) is 2. The fourth-order valence-electron chi connectivity index (χ4n) is 2.86. The van der Waals surface area contributed by atoms with Crippen molar-refractivity contribution in [3.8, 4) is 11.5 Å². The minimum absolute atomic E-state index is 0.0331. The van der Waals surface area contributed by atoms with E-state index < -0.39 is 0 Å². The molecule has 1 aliphatic rings. The lowest BCUT2D eigenvalue weighted by atomic mass is 10.2. The summed E-state index contributed by atoms with van der Waals surface area (Å²) in [4.78, 5) is 18.5. The van der Waals surface area contributed by atoms with Crippen LogP contribution in [0.1, 0.15) is 5.56 Å². The second kappa shape index (κ2) is 9.05. The van der Waals surface area contributed by atoms with E-state index in [1.54, 1.807) is 19.5 Å². The third-order valence-corrected chi connectivity index (χ3v) is 4.27. The summed E-state index contributed by atoms with van der Waals surface area (Å²) >= 11 is 0. The van der Waals surface area contributed by atoms with Gasteiger partial charge in [-0.2, -0.15) is 0 Å². The van der Waals surface area contributed by atoms with Gasteiger partial charge in [0.2, 0.25) is 0 Å². The number of hydrogen-bond acceptors (Lipinski definition) is 5. The lowest BCUT2D eigenvalue weighted by molar-refractivity contribution is 0.124. The summed E-state index contributed by atoms with van der Waals surface area (Å²) in [5, 5.41) is 6.29. The van der Waals surface area contributed by atoms with Gasteiger partial charge >= 0.3 is 6.03 Å². The molecule has 1 aliphatic heterocycles. The van der Waals surface area contributed by atoms with E-state index in [9.17, 15) is 4.79 Å². The summed E-state index contributed by atoms with van der Waals surface area (Å²) in [6.07, 6.45) is 3.37. The minimum Gasteiger partial charge on any atom is -0.497 e. The van der Waals surface area contributed by atoms with Gasteiger partial charge in [-0.25, -0.2) is 4.79 Å². The highest BCUT2D eigenvalue weighted by molar-refractivity contribution is 5.74. The SMILES string of the molecule is COc1cccc(CNC(=O)N2CCNCC2COc2cccnc2)c1. The van der Waals surface area contributed by atoms with Gasteiger partial charge in [0.25, 0.3) is 0 Å². The summed E-state index contributed by atoms with van der Waals surface area (Å²) in [6, 6.07) is 11.2. The van der Waals surface area contributed by atoms with Crippen molar-refractivity contribution in [3.63, 3.8) is 0 Å². The molecule has 138 valence electrons. The molecule has 2 aromatic rings. The molecular weight excluding hydrogens is 332 g/mol. The Bertz CT molecular complexity index is 711. The van der Waals surface area contributed by atoms with Gasteiger partial charge in [-0.3, -0.25) is 4.98 Å². The first-order valence-corrected chi connectivity index (χ1v) is 8.67. The van der Waals surface area contributed by atoms with E-state index in [1.807, 2.05) is 41.3 Å². The van der Waals surface area contributed by atoms with E-state index >= 15 is 0 Å². The zero-order valence-corrected chi connectivity index (χ0v) is 14.9. The standard InChI is InChI=1S/C19H24N4O3/c1-25-17-5-2-4-15(10-17)11-22-19(24)23-9-8-21-12-16(23)14-26-18-6-3-7-20-13-18/h2-7,10,13,16,21H,8-9,11-12,14H2,1H3,(H,22,24). The topological polar surface area (TPSA) is 75.7 Å². The third-order valence-electron chi connectivity index (χ3n) is 4.27. The monoisotopic (exact) mass is 356 g/mol. The van der Waals surface area contributed by atoms with Gasteiger partial charge in [0, 0.05) is 32.4 Å². The Kier molecular flexibility index (Phi) is 6.27. The number of urea groups is 1. The Labute approximate surface area is 153 Å². The lowest BCUT2D eigenvalue weighted by Crippen LogP contribution is -2.58. The van der Waals surface area contributed by atoms with Crippen LogP contribution in [0, 0.1) is 0 Å². The molecular formula is C19H24N4O3. The number of rotatable bonds is 6. The van der Waals surface area contributed by atoms with Crippen molar-refractivity contribution in [2.45, 2.75) is 12.6 Å². The molecule has 26 heavy (non-hydrogen) atoms. The smallest absolute Gasteiger partial charge is 0.318 e.